The minimum atomic E-state index is -0.482. The molecule has 7 nitrogen and oxygen atoms in total. The Hall–Kier alpha value is -2.41. The topological polar surface area (TPSA) is 122 Å². The standard InChI is InChI=1S/C12H12ClN3O4/c1-2-15-12(19)10-9(14)11(20-16-10)5-3-6(13)8(18)4-7(5)17/h3-4,17-18H,2,14H2,1H3,(H,15,19). The SMILES string of the molecule is CCNC(=O)c1noc(-c2cc(Cl)c(O)cc2O)c1N. The number of nitrogens with zero attached hydrogens (tertiary/aromatic N) is 1. The van der Waals surface area contributed by atoms with E-state index in [-0.39, 0.29) is 39.2 Å². The van der Waals surface area contributed by atoms with E-state index in [2.05, 4.69) is 10.5 Å². The third kappa shape index (κ3) is 2.35. The number of aromatic nitrogens is 1. The molecule has 0 aliphatic rings. The van der Waals surface area contributed by atoms with E-state index >= 15 is 0 Å². The van der Waals surface area contributed by atoms with Gasteiger partial charge in [-0.25, -0.2) is 0 Å². The van der Waals surface area contributed by atoms with Crippen LogP contribution >= 0.6 is 11.6 Å². The van der Waals surface area contributed by atoms with Crippen LogP contribution in [0.3, 0.4) is 0 Å². The molecule has 1 aromatic heterocycles. The number of hydrogen-bond acceptors (Lipinski definition) is 6. The molecule has 2 aromatic rings. The molecule has 2 rings (SSSR count). The first-order valence-corrected chi connectivity index (χ1v) is 6.08. The van der Waals surface area contributed by atoms with Gasteiger partial charge in [0.1, 0.15) is 17.2 Å². The van der Waals surface area contributed by atoms with Gasteiger partial charge in [-0.05, 0) is 13.0 Å². The Labute approximate surface area is 118 Å². The van der Waals surface area contributed by atoms with Crippen LogP contribution in [0.1, 0.15) is 17.4 Å². The molecule has 0 fully saturated rings. The maximum absolute atomic E-state index is 11.7. The Morgan fingerprint density at radius 1 is 1.45 bits per heavy atom. The van der Waals surface area contributed by atoms with Gasteiger partial charge in [-0.3, -0.25) is 4.79 Å². The van der Waals surface area contributed by atoms with Crippen LogP contribution in [0.25, 0.3) is 11.3 Å². The Bertz CT molecular complexity index is 669. The maximum Gasteiger partial charge on any atom is 0.275 e. The van der Waals surface area contributed by atoms with Crippen molar-refractivity contribution >= 4 is 23.2 Å². The number of hydrogen-bond donors (Lipinski definition) is 4. The summed E-state index contributed by atoms with van der Waals surface area (Å²) in [5.74, 6) is -1.05. The molecule has 0 aliphatic heterocycles. The number of rotatable bonds is 3. The van der Waals surface area contributed by atoms with Gasteiger partial charge >= 0.3 is 0 Å². The fraction of sp³-hybridized carbons (Fsp3) is 0.167. The molecule has 8 heteroatoms. The summed E-state index contributed by atoms with van der Waals surface area (Å²) >= 11 is 5.76. The number of nitrogens with one attached hydrogen (secondary N) is 1. The fourth-order valence-electron chi connectivity index (χ4n) is 1.63. The highest BCUT2D eigenvalue weighted by molar-refractivity contribution is 6.32. The zero-order valence-electron chi connectivity index (χ0n) is 10.5. The van der Waals surface area contributed by atoms with E-state index < -0.39 is 5.91 Å². The van der Waals surface area contributed by atoms with Crippen LogP contribution in [-0.2, 0) is 0 Å². The third-order valence-corrected chi connectivity index (χ3v) is 2.89. The van der Waals surface area contributed by atoms with Gasteiger partial charge < -0.3 is 25.8 Å². The molecule has 0 aliphatic carbocycles. The summed E-state index contributed by atoms with van der Waals surface area (Å²) in [5, 5.41) is 25.3. The number of aromatic hydroxyl groups is 2. The van der Waals surface area contributed by atoms with Crippen molar-refractivity contribution in [1.29, 1.82) is 0 Å². The number of carbonyl (C=O) groups is 1. The second-order valence-corrected chi connectivity index (χ2v) is 4.36. The molecule has 106 valence electrons. The van der Waals surface area contributed by atoms with Crippen LogP contribution in [0.4, 0.5) is 5.69 Å². The molecule has 0 saturated heterocycles. The van der Waals surface area contributed by atoms with E-state index in [4.69, 9.17) is 21.9 Å². The highest BCUT2D eigenvalue weighted by Gasteiger charge is 2.23. The summed E-state index contributed by atoms with van der Waals surface area (Å²) in [4.78, 5) is 11.7. The molecule has 20 heavy (non-hydrogen) atoms. The molecule has 1 aromatic carbocycles. The first-order chi connectivity index (χ1) is 9.45. The highest BCUT2D eigenvalue weighted by atomic mass is 35.5. The fourth-order valence-corrected chi connectivity index (χ4v) is 1.80. The zero-order valence-corrected chi connectivity index (χ0v) is 11.2. The molecule has 0 saturated carbocycles. The minimum Gasteiger partial charge on any atom is -0.507 e. The number of nitrogen functional groups attached to an aromatic ring is 1. The van der Waals surface area contributed by atoms with Gasteiger partial charge in [0.15, 0.2) is 11.5 Å². The zero-order chi connectivity index (χ0) is 14.9. The quantitative estimate of drug-likeness (QED) is 0.684. The number of phenols is 2. The second-order valence-electron chi connectivity index (χ2n) is 3.95. The van der Waals surface area contributed by atoms with Crippen molar-refractivity contribution < 1.29 is 19.5 Å². The highest BCUT2D eigenvalue weighted by Crippen LogP contribution is 2.40. The summed E-state index contributed by atoms with van der Waals surface area (Å²) < 4.78 is 4.99. The van der Waals surface area contributed by atoms with Crippen LogP contribution in [0.2, 0.25) is 5.02 Å². The lowest BCUT2D eigenvalue weighted by Crippen LogP contribution is -2.23. The summed E-state index contributed by atoms with van der Waals surface area (Å²) in [7, 11) is 0. The van der Waals surface area contributed by atoms with Crippen molar-refractivity contribution in [2.75, 3.05) is 12.3 Å². The van der Waals surface area contributed by atoms with Gasteiger partial charge in [-0.15, -0.1) is 0 Å². The normalized spacial score (nSPS) is 10.5. The van der Waals surface area contributed by atoms with E-state index in [0.717, 1.165) is 6.07 Å². The predicted octanol–water partition coefficient (Wildman–Crippen LogP) is 1.74. The number of benzene rings is 1. The Balaban J connectivity index is 2.50. The van der Waals surface area contributed by atoms with Gasteiger partial charge in [0, 0.05) is 12.6 Å². The molecule has 0 spiro atoms. The van der Waals surface area contributed by atoms with Gasteiger partial charge in [0.2, 0.25) is 0 Å². The molecule has 0 radical (unpaired) electrons. The molecule has 0 bridgehead atoms. The molecule has 0 unspecified atom stereocenters. The van der Waals surface area contributed by atoms with E-state index in [0.29, 0.717) is 6.54 Å². The van der Waals surface area contributed by atoms with E-state index in [1.807, 2.05) is 0 Å². The van der Waals surface area contributed by atoms with Crippen LogP contribution in [0.5, 0.6) is 11.5 Å². The first kappa shape index (κ1) is 14.0. The van der Waals surface area contributed by atoms with Gasteiger partial charge in [0.25, 0.3) is 5.91 Å². The number of anilines is 1. The number of nitrogens with two attached hydrogens (primary N) is 1. The summed E-state index contributed by atoms with van der Waals surface area (Å²) in [6.45, 7) is 2.16. The van der Waals surface area contributed by atoms with Gasteiger partial charge in [-0.1, -0.05) is 16.8 Å². The number of amides is 1. The van der Waals surface area contributed by atoms with E-state index in [1.54, 1.807) is 6.92 Å². The average Bonchev–Trinajstić information content (AvgIpc) is 2.76. The van der Waals surface area contributed by atoms with Crippen LogP contribution < -0.4 is 11.1 Å². The molecule has 5 N–H and O–H groups in total. The molecule has 0 atom stereocenters. The number of halogens is 1. The van der Waals surface area contributed by atoms with Crippen molar-refractivity contribution in [2.45, 2.75) is 6.92 Å². The number of carbonyl (C=O) groups excluding carboxylic acids is 1. The first-order valence-electron chi connectivity index (χ1n) is 5.70. The van der Waals surface area contributed by atoms with Crippen molar-refractivity contribution in [1.82, 2.24) is 10.5 Å². The van der Waals surface area contributed by atoms with Gasteiger partial charge in [-0.2, -0.15) is 0 Å². The Morgan fingerprint density at radius 2 is 2.15 bits per heavy atom. The number of phenolic OH excluding ortho intramolecular Hbond substituents is 2. The van der Waals surface area contributed by atoms with Crippen molar-refractivity contribution in [3.05, 3.63) is 22.8 Å². The lowest BCUT2D eigenvalue weighted by atomic mass is 10.1. The monoisotopic (exact) mass is 297 g/mol. The van der Waals surface area contributed by atoms with Crippen LogP contribution in [0, 0.1) is 0 Å². The lowest BCUT2D eigenvalue weighted by Gasteiger charge is -2.04. The van der Waals surface area contributed by atoms with Crippen LogP contribution in [0.15, 0.2) is 16.7 Å². The van der Waals surface area contributed by atoms with Crippen molar-refractivity contribution in [2.24, 2.45) is 0 Å². The van der Waals surface area contributed by atoms with Gasteiger partial charge in [0.05, 0.1) is 10.6 Å². The summed E-state index contributed by atoms with van der Waals surface area (Å²) in [5.41, 5.74) is 5.82. The summed E-state index contributed by atoms with van der Waals surface area (Å²) in [6, 6.07) is 2.32. The molecule has 1 heterocycles. The molecule has 1 amide bonds. The van der Waals surface area contributed by atoms with Crippen molar-refractivity contribution in [3.63, 3.8) is 0 Å². The van der Waals surface area contributed by atoms with E-state index in [1.165, 1.54) is 6.07 Å². The lowest BCUT2D eigenvalue weighted by molar-refractivity contribution is 0.0947. The smallest absolute Gasteiger partial charge is 0.275 e. The maximum atomic E-state index is 11.7. The third-order valence-electron chi connectivity index (χ3n) is 2.59. The minimum absolute atomic E-state index is 0.00523. The molecular weight excluding hydrogens is 286 g/mol. The second kappa shape index (κ2) is 5.30. The summed E-state index contributed by atoms with van der Waals surface area (Å²) in [6.07, 6.45) is 0. The molecular formula is C12H12ClN3O4. The van der Waals surface area contributed by atoms with E-state index in [9.17, 15) is 15.0 Å². The van der Waals surface area contributed by atoms with Crippen molar-refractivity contribution in [3.8, 4) is 22.8 Å². The largest absolute Gasteiger partial charge is 0.507 e. The predicted molar refractivity (Wildman–Crippen MR) is 72.7 cm³/mol. The Morgan fingerprint density at radius 3 is 2.80 bits per heavy atom. The van der Waals surface area contributed by atoms with Crippen LogP contribution in [-0.4, -0.2) is 27.8 Å². The average molecular weight is 298 g/mol. The Kier molecular flexibility index (Phi) is 3.71.